The summed E-state index contributed by atoms with van der Waals surface area (Å²) in [6, 6.07) is 11.0. The number of hydrogen-bond donors (Lipinski definition) is 0. The number of ketones is 1. The summed E-state index contributed by atoms with van der Waals surface area (Å²) in [4.78, 5) is 12.4. The van der Waals surface area contributed by atoms with Gasteiger partial charge in [-0.2, -0.15) is 0 Å². The highest BCUT2D eigenvalue weighted by Crippen LogP contribution is 2.54. The van der Waals surface area contributed by atoms with Crippen LogP contribution in [-0.2, 0) is 11.2 Å². The second-order valence-electron chi connectivity index (χ2n) is 8.66. The maximum absolute atomic E-state index is 12.4. The predicted molar refractivity (Wildman–Crippen MR) is 101 cm³/mol. The number of fused-ring (bicyclic) bond motifs is 5. The molecule has 2 nitrogen and oxygen atoms in total. The van der Waals surface area contributed by atoms with Gasteiger partial charge in [0.1, 0.15) is 11.5 Å². The molecule has 2 atom stereocenters. The Bertz CT molecular complexity index is 834. The van der Waals surface area contributed by atoms with Gasteiger partial charge >= 0.3 is 0 Å². The van der Waals surface area contributed by atoms with Gasteiger partial charge in [0.15, 0.2) is 0 Å². The molecule has 0 radical (unpaired) electrons. The van der Waals surface area contributed by atoms with Gasteiger partial charge in [-0.3, -0.25) is 4.79 Å². The van der Waals surface area contributed by atoms with E-state index in [1.54, 1.807) is 0 Å². The first-order valence-corrected chi connectivity index (χ1v) is 12.5. The SMILES string of the molecule is C[C@]12CCc3c(ccc4cc(O[Si](C)(C)C)ccc34)[C@H]1CCC2=O. The summed E-state index contributed by atoms with van der Waals surface area (Å²) in [5.74, 6) is 1.87. The summed E-state index contributed by atoms with van der Waals surface area (Å²) >= 11 is 0. The lowest BCUT2D eigenvalue weighted by Crippen LogP contribution is -2.32. The zero-order chi connectivity index (χ0) is 17.1. The molecule has 1 saturated carbocycles. The molecule has 0 aromatic heterocycles. The lowest BCUT2D eigenvalue weighted by Gasteiger charge is -2.37. The van der Waals surface area contributed by atoms with Crippen molar-refractivity contribution >= 4 is 24.9 Å². The van der Waals surface area contributed by atoms with Crippen LogP contribution < -0.4 is 4.43 Å². The van der Waals surface area contributed by atoms with Gasteiger partial charge in [-0.25, -0.2) is 0 Å². The Hall–Kier alpha value is -1.61. The van der Waals surface area contributed by atoms with Crippen molar-refractivity contribution in [1.82, 2.24) is 0 Å². The van der Waals surface area contributed by atoms with Crippen molar-refractivity contribution in [3.8, 4) is 5.75 Å². The lowest BCUT2D eigenvalue weighted by atomic mass is 9.66. The molecule has 0 unspecified atom stereocenters. The third-order valence-corrected chi connectivity index (χ3v) is 6.75. The zero-order valence-corrected chi connectivity index (χ0v) is 16.1. The molecule has 4 rings (SSSR count). The normalized spacial score (nSPS) is 26.3. The van der Waals surface area contributed by atoms with Crippen molar-refractivity contribution in [1.29, 1.82) is 0 Å². The molecule has 0 aliphatic heterocycles. The van der Waals surface area contributed by atoms with Crippen LogP contribution >= 0.6 is 0 Å². The fraction of sp³-hybridized carbons (Fsp3) is 0.476. The Kier molecular flexibility index (Phi) is 3.44. The van der Waals surface area contributed by atoms with E-state index in [2.05, 4.69) is 56.9 Å². The number of carbonyl (C=O) groups excluding carboxylic acids is 1. The molecule has 3 heteroatoms. The van der Waals surface area contributed by atoms with Gasteiger partial charge in [-0.15, -0.1) is 0 Å². The van der Waals surface area contributed by atoms with Gasteiger partial charge < -0.3 is 4.43 Å². The van der Waals surface area contributed by atoms with Crippen LogP contribution in [0.25, 0.3) is 10.8 Å². The molecule has 2 aromatic carbocycles. The number of hydrogen-bond acceptors (Lipinski definition) is 2. The third kappa shape index (κ3) is 2.41. The molecule has 2 aliphatic carbocycles. The number of aryl methyl sites for hydroxylation is 1. The first kappa shape index (κ1) is 15.9. The highest BCUT2D eigenvalue weighted by Gasteiger charge is 2.49. The van der Waals surface area contributed by atoms with Crippen LogP contribution in [-0.4, -0.2) is 14.1 Å². The van der Waals surface area contributed by atoms with Crippen molar-refractivity contribution in [2.24, 2.45) is 5.41 Å². The van der Waals surface area contributed by atoms with Gasteiger partial charge in [-0.1, -0.05) is 25.1 Å². The standard InChI is InChI=1S/C21H26O2Si/c1-21-12-11-17-16-8-6-15(23-24(2,3)4)13-14(16)5-7-18(17)19(21)9-10-20(21)22/h5-8,13,19H,9-12H2,1-4H3/t19-,21+/m1/s1. The molecule has 0 amide bonds. The first-order valence-electron chi connectivity index (χ1n) is 9.06. The van der Waals surface area contributed by atoms with E-state index in [1.165, 1.54) is 21.9 Å². The molecule has 2 aromatic rings. The van der Waals surface area contributed by atoms with Crippen molar-refractivity contribution < 1.29 is 9.22 Å². The Morgan fingerprint density at radius 1 is 1.12 bits per heavy atom. The lowest BCUT2D eigenvalue weighted by molar-refractivity contribution is -0.126. The number of rotatable bonds is 2. The van der Waals surface area contributed by atoms with Gasteiger partial charge in [0, 0.05) is 11.8 Å². The summed E-state index contributed by atoms with van der Waals surface area (Å²) in [7, 11) is -1.59. The molecule has 0 bridgehead atoms. The third-order valence-electron chi connectivity index (χ3n) is 5.90. The van der Waals surface area contributed by atoms with Crippen LogP contribution in [0.15, 0.2) is 30.3 Å². The number of carbonyl (C=O) groups is 1. The first-order chi connectivity index (χ1) is 11.3. The van der Waals surface area contributed by atoms with Crippen molar-refractivity contribution in [3.05, 3.63) is 41.5 Å². The van der Waals surface area contributed by atoms with E-state index in [0.29, 0.717) is 11.7 Å². The zero-order valence-electron chi connectivity index (χ0n) is 15.1. The van der Waals surface area contributed by atoms with E-state index in [9.17, 15) is 4.79 Å². The smallest absolute Gasteiger partial charge is 0.242 e. The van der Waals surface area contributed by atoms with Crippen molar-refractivity contribution in [2.75, 3.05) is 0 Å². The number of benzene rings is 2. The van der Waals surface area contributed by atoms with Crippen LogP contribution in [0.3, 0.4) is 0 Å². The second-order valence-corrected chi connectivity index (χ2v) is 13.1. The van der Waals surface area contributed by atoms with Crippen LogP contribution in [0.2, 0.25) is 19.6 Å². The molecule has 0 spiro atoms. The average Bonchev–Trinajstić information content (AvgIpc) is 2.81. The Morgan fingerprint density at radius 2 is 1.92 bits per heavy atom. The van der Waals surface area contributed by atoms with Crippen LogP contribution in [0.4, 0.5) is 0 Å². The van der Waals surface area contributed by atoms with E-state index in [1.807, 2.05) is 0 Å². The van der Waals surface area contributed by atoms with E-state index in [0.717, 1.165) is 31.4 Å². The fourth-order valence-corrected chi connectivity index (χ4v) is 5.52. The second kappa shape index (κ2) is 5.19. The minimum atomic E-state index is -1.59. The monoisotopic (exact) mass is 338 g/mol. The van der Waals surface area contributed by atoms with E-state index >= 15 is 0 Å². The van der Waals surface area contributed by atoms with E-state index in [-0.39, 0.29) is 5.41 Å². The molecule has 2 aliphatic rings. The van der Waals surface area contributed by atoms with E-state index < -0.39 is 8.32 Å². The van der Waals surface area contributed by atoms with Gasteiger partial charge in [0.25, 0.3) is 0 Å². The molecule has 126 valence electrons. The molecule has 0 heterocycles. The van der Waals surface area contributed by atoms with Crippen molar-refractivity contribution in [2.45, 2.75) is 58.2 Å². The largest absolute Gasteiger partial charge is 0.544 e. The molecule has 24 heavy (non-hydrogen) atoms. The fourth-order valence-electron chi connectivity index (χ4n) is 4.68. The highest BCUT2D eigenvalue weighted by atomic mass is 28.4. The molecule has 1 fully saturated rings. The predicted octanol–water partition coefficient (Wildman–Crippen LogP) is 5.45. The molecule has 0 N–H and O–H groups in total. The van der Waals surface area contributed by atoms with Crippen LogP contribution in [0.1, 0.15) is 43.2 Å². The average molecular weight is 339 g/mol. The van der Waals surface area contributed by atoms with E-state index in [4.69, 9.17) is 4.43 Å². The Balaban J connectivity index is 1.79. The summed E-state index contributed by atoms with van der Waals surface area (Å²) in [6.07, 6.45) is 3.78. The summed E-state index contributed by atoms with van der Waals surface area (Å²) in [6.45, 7) is 8.82. The minimum Gasteiger partial charge on any atom is -0.544 e. The Morgan fingerprint density at radius 3 is 2.67 bits per heavy atom. The molecular formula is C21H26O2Si. The number of Topliss-reactive ketones (excluding diaryl/α,β-unsaturated/α-hetero) is 1. The van der Waals surface area contributed by atoms with Gasteiger partial charge in [0.05, 0.1) is 0 Å². The summed E-state index contributed by atoms with van der Waals surface area (Å²) < 4.78 is 6.15. The van der Waals surface area contributed by atoms with Gasteiger partial charge in [0.2, 0.25) is 8.32 Å². The van der Waals surface area contributed by atoms with Crippen LogP contribution in [0.5, 0.6) is 5.75 Å². The van der Waals surface area contributed by atoms with Gasteiger partial charge in [-0.05, 0) is 78.9 Å². The highest BCUT2D eigenvalue weighted by molar-refractivity contribution is 6.70. The summed E-state index contributed by atoms with van der Waals surface area (Å²) in [5.41, 5.74) is 2.76. The van der Waals surface area contributed by atoms with Crippen LogP contribution in [0, 0.1) is 5.41 Å². The minimum absolute atomic E-state index is 0.123. The maximum atomic E-state index is 12.4. The molecular weight excluding hydrogens is 312 g/mol. The summed E-state index contributed by atoms with van der Waals surface area (Å²) in [5, 5.41) is 2.61. The topological polar surface area (TPSA) is 26.3 Å². The quantitative estimate of drug-likeness (QED) is 0.680. The Labute approximate surface area is 145 Å². The molecule has 0 saturated heterocycles. The van der Waals surface area contributed by atoms with Crippen molar-refractivity contribution in [3.63, 3.8) is 0 Å². The maximum Gasteiger partial charge on any atom is 0.242 e.